The highest BCUT2D eigenvalue weighted by molar-refractivity contribution is 5.84. The molecular weight excluding hydrogens is 1270 g/mol. The van der Waals surface area contributed by atoms with E-state index in [1.54, 1.807) is 6.07 Å². The van der Waals surface area contributed by atoms with Crippen LogP contribution >= 0.6 is 0 Å². The van der Waals surface area contributed by atoms with Crippen LogP contribution in [-0.2, 0) is 71.5 Å². The first-order chi connectivity index (χ1) is 53.6. The Kier molecular flexibility index (Phi) is 14.3. The van der Waals surface area contributed by atoms with Crippen LogP contribution in [0, 0.1) is 55.3 Å². The molecule has 12 aromatic rings. The minimum Gasteiger partial charge on any atom is -0.124 e. The molecule has 8 heterocycles. The smallest absolute Gasteiger partial charge is 0.124 e. The molecule has 0 fully saturated rings. The maximum absolute atomic E-state index is 8.69. The number of fused-ring (bicyclic) bond motifs is 12. The predicted molar refractivity (Wildman–Crippen MR) is 432 cm³/mol. The van der Waals surface area contributed by atoms with Gasteiger partial charge in [0.05, 0.1) is 22.4 Å². The molecule has 104 heavy (non-hydrogen) atoms. The Balaban J connectivity index is 0.000000136. The van der Waals surface area contributed by atoms with Crippen molar-refractivity contribution in [1.82, 2.24) is 18.7 Å². The summed E-state index contributed by atoms with van der Waals surface area (Å²) in [6, 6.07) is 59.8. The number of rotatable bonds is 4. The van der Waals surface area contributed by atoms with E-state index in [0.717, 1.165) is 129 Å². The van der Waals surface area contributed by atoms with E-state index in [2.05, 4.69) is 260 Å². The van der Waals surface area contributed by atoms with Gasteiger partial charge in [0.1, 0.15) is 39.8 Å². The van der Waals surface area contributed by atoms with E-state index in [-0.39, 0.29) is 10.8 Å². The number of hydrogen-bond donors (Lipinski definition) is 0. The van der Waals surface area contributed by atoms with E-state index >= 15 is 0 Å². The largest absolute Gasteiger partial charge is 0.246 e. The number of nitrogens with zero attached hydrogens (tertiary/aromatic N) is 8. The fraction of sp³-hybridized carbons (Fsp3) is 0.375. The summed E-state index contributed by atoms with van der Waals surface area (Å²) in [4.78, 5) is 0. The second kappa shape index (κ2) is 25.2. The van der Waals surface area contributed by atoms with Crippen LogP contribution in [0.4, 0.5) is 0 Å². The van der Waals surface area contributed by atoms with Gasteiger partial charge >= 0.3 is 0 Å². The zero-order chi connectivity index (χ0) is 85.4. The Morgan fingerprint density at radius 2 is 0.692 bits per heavy atom. The van der Waals surface area contributed by atoms with Crippen molar-refractivity contribution in [2.75, 3.05) is 0 Å². The summed E-state index contributed by atoms with van der Waals surface area (Å²) >= 11 is 0. The van der Waals surface area contributed by atoms with Gasteiger partial charge < -0.3 is 0 Å². The van der Waals surface area contributed by atoms with Crippen molar-refractivity contribution in [1.29, 1.82) is 0 Å². The van der Waals surface area contributed by atoms with Crippen molar-refractivity contribution in [2.24, 2.45) is 28.2 Å². The molecule has 8 aromatic carbocycles. The third-order valence-electron chi connectivity index (χ3n) is 25.6. The summed E-state index contributed by atoms with van der Waals surface area (Å²) in [6.45, 7) is 33.5. The second-order valence-corrected chi connectivity index (χ2v) is 33.5. The van der Waals surface area contributed by atoms with Crippen molar-refractivity contribution in [3.8, 4) is 67.4 Å². The summed E-state index contributed by atoms with van der Waals surface area (Å²) in [5.74, 6) is 0. The Hall–Kier alpha value is -9.40. The lowest BCUT2D eigenvalue weighted by atomic mass is 9.59. The van der Waals surface area contributed by atoms with Crippen LogP contribution in [-0.4, -0.2) is 18.7 Å². The Labute approximate surface area is 639 Å². The average molecular weight is 1390 g/mol. The summed E-state index contributed by atoms with van der Waals surface area (Å²) in [7, 11) is 8.06. The van der Waals surface area contributed by atoms with E-state index in [4.69, 9.17) is 16.4 Å². The molecule has 8 nitrogen and oxygen atoms in total. The van der Waals surface area contributed by atoms with Gasteiger partial charge in [-0.25, -0.2) is 0 Å². The maximum Gasteiger partial charge on any atom is 0.246 e. The molecule has 0 N–H and O–H groups in total. The molecule has 0 aliphatic carbocycles. The molecule has 0 amide bonds. The lowest BCUT2D eigenvalue weighted by Gasteiger charge is -2.46. The van der Waals surface area contributed by atoms with Gasteiger partial charge in [-0.05, 0) is 140 Å². The normalized spacial score (nSPS) is 21.8. The van der Waals surface area contributed by atoms with Crippen LogP contribution in [0.3, 0.4) is 0 Å². The van der Waals surface area contributed by atoms with E-state index in [1.165, 1.54) is 22.5 Å². The van der Waals surface area contributed by atoms with Crippen molar-refractivity contribution in [3.63, 3.8) is 0 Å². The van der Waals surface area contributed by atoms with Crippen LogP contribution in [0.5, 0.6) is 0 Å². The van der Waals surface area contributed by atoms with Crippen LogP contribution in [0.1, 0.15) is 217 Å². The minimum atomic E-state index is -2.19. The Morgan fingerprint density at radius 1 is 0.308 bits per heavy atom. The van der Waals surface area contributed by atoms with Crippen LogP contribution in [0.15, 0.2) is 195 Å². The molecule has 4 aliphatic heterocycles. The lowest BCUT2D eigenvalue weighted by molar-refractivity contribution is -0.745. The quantitative estimate of drug-likeness (QED) is 0.157. The summed E-state index contributed by atoms with van der Waals surface area (Å²) in [5, 5.41) is 0. The van der Waals surface area contributed by atoms with Crippen LogP contribution < -0.4 is 18.7 Å². The lowest BCUT2D eigenvalue weighted by Crippen LogP contribution is -2.51. The molecule has 0 bridgehead atoms. The fourth-order valence-corrected chi connectivity index (χ4v) is 17.8. The van der Waals surface area contributed by atoms with Gasteiger partial charge in [-0.1, -0.05) is 279 Å². The Bertz CT molecular complexity index is 5870. The average Bonchev–Trinajstić information content (AvgIpc) is 1.39. The SMILES string of the molecule is [2H]C([2H])([2H])C1(C)c2c(-c3c(C)cccc3C)c[n+](C)n2-c2c(C)cccc2C1(C)C.[2H]C([2H])([2H])C1(C)c2c(-c3ccccc3)c[n+](C)n2-c2c(C)cccc2C1(C)C.[2H]C([2H])([2H])C1(C)c2cc[n+](C)n2-c2c(C)cccc2C1(C)C.[2H]C([2H])([2H])c1cc(C)cc(-c2c(-c3ccccc3)c3n([n+]2C)-c2c(C)cccc2C(C)(C)C3(C)C)c1. The standard InChI is InChI=1S/C31H35N2.C25H31N2.C23H27N2.C17H23N2/c1-20-17-21(2)19-24(18-20)28-26(23-14-10-9-11-15-23)29-31(6,7)30(4,5)25-16-12-13-22(3)27(25)33(29)32(28)8;1-16-11-9-12-17(2)21(16)19-15-26(8)27-22-18(3)13-10-14-20(22)24(4,5)25(6,7)23(19)27;1-16-11-10-14-19-20(16)25-21(23(4,5)22(19,2)3)18(15-24(25)6)17-12-8-7-9-13-17;1-12-8-7-9-13-15(12)19-14(10-11-18(19)6)17(4,5)16(13,2)3/h9-19H,1-8H3;9-15H,1-8H3;7-15H,1-6H3;7-11H,1-6H3/q4*+1/i1D3;6D3;2*4D3. The predicted octanol–water partition coefficient (Wildman–Crippen LogP) is 20.6. The fourth-order valence-electron chi connectivity index (χ4n) is 17.8. The molecule has 0 saturated heterocycles. The molecule has 4 aliphatic rings. The van der Waals surface area contributed by atoms with E-state index in [0.29, 0.717) is 5.56 Å². The van der Waals surface area contributed by atoms with Crippen molar-refractivity contribution >= 4 is 0 Å². The molecule has 0 spiro atoms. The first kappa shape index (κ1) is 58.9. The maximum atomic E-state index is 8.69. The van der Waals surface area contributed by atoms with Crippen LogP contribution in [0.25, 0.3) is 67.4 Å². The molecule has 3 unspecified atom stereocenters. The topological polar surface area (TPSA) is 35.2 Å². The number of aromatic nitrogens is 8. The van der Waals surface area contributed by atoms with Crippen molar-refractivity contribution in [3.05, 3.63) is 284 Å². The molecule has 16 rings (SSSR count). The zero-order valence-electron chi connectivity index (χ0n) is 78.1. The second-order valence-electron chi connectivity index (χ2n) is 33.5. The van der Waals surface area contributed by atoms with Gasteiger partial charge in [-0.15, -0.1) is 37.5 Å². The number of hydrogen-bond acceptors (Lipinski definition) is 0. The minimum absolute atomic E-state index is 0.132. The summed E-state index contributed by atoms with van der Waals surface area (Å²) < 4.78 is 118. The number of aryl methyl sites for hydroxylation is 11. The highest BCUT2D eigenvalue weighted by Crippen LogP contribution is 2.58. The first-order valence-electron chi connectivity index (χ1n) is 42.8. The first-order valence-corrected chi connectivity index (χ1v) is 36.8. The van der Waals surface area contributed by atoms with E-state index in [9.17, 15) is 0 Å². The Morgan fingerprint density at radius 3 is 1.15 bits per heavy atom. The molecule has 4 aromatic heterocycles. The molecule has 0 saturated carbocycles. The molecule has 0 radical (unpaired) electrons. The van der Waals surface area contributed by atoms with Gasteiger partial charge in [-0.2, -0.15) is 0 Å². The summed E-state index contributed by atoms with van der Waals surface area (Å²) in [6.07, 6.45) is 6.11. The summed E-state index contributed by atoms with van der Waals surface area (Å²) in [5.41, 5.74) is 24.5. The van der Waals surface area contributed by atoms with E-state index in [1.807, 2.05) is 133 Å². The molecule has 3 atom stereocenters. The monoisotopic (exact) mass is 1390 g/mol. The molecular formula is C96H116N8+4. The highest BCUT2D eigenvalue weighted by Gasteiger charge is 2.56. The third-order valence-corrected chi connectivity index (χ3v) is 25.6. The molecule has 536 valence electrons. The van der Waals surface area contributed by atoms with Gasteiger partial charge in [0.25, 0.3) is 0 Å². The third kappa shape index (κ3) is 10.7. The van der Waals surface area contributed by atoms with E-state index < -0.39 is 59.9 Å². The van der Waals surface area contributed by atoms with Gasteiger partial charge in [0.15, 0.2) is 34.4 Å². The van der Waals surface area contributed by atoms with Crippen LogP contribution in [0.2, 0.25) is 0 Å². The number of benzene rings is 8. The highest BCUT2D eigenvalue weighted by atomic mass is 15.4. The van der Waals surface area contributed by atoms with Crippen molar-refractivity contribution in [2.45, 2.75) is 209 Å². The zero-order valence-corrected chi connectivity index (χ0v) is 66.1. The number of para-hydroxylation sites is 4. The molecule has 8 heteroatoms. The van der Waals surface area contributed by atoms with Gasteiger partial charge in [0, 0.05) is 71.4 Å². The van der Waals surface area contributed by atoms with Gasteiger partial charge in [-0.3, -0.25) is 0 Å². The van der Waals surface area contributed by atoms with Crippen molar-refractivity contribution < 1.29 is 35.2 Å². The van der Waals surface area contributed by atoms with Gasteiger partial charge in [0.2, 0.25) is 18.1 Å².